The number of benzene rings is 3. The van der Waals surface area contributed by atoms with E-state index in [2.05, 4.69) is 59.0 Å². The summed E-state index contributed by atoms with van der Waals surface area (Å²) in [6.45, 7) is 12.9. The molecule has 2 heterocycles. The summed E-state index contributed by atoms with van der Waals surface area (Å²) in [6.07, 6.45) is 0.229. The quantitative estimate of drug-likeness (QED) is 0.166. The van der Waals surface area contributed by atoms with Gasteiger partial charge in [0.15, 0.2) is 15.7 Å². The summed E-state index contributed by atoms with van der Waals surface area (Å²) in [6, 6.07) is 22.5. The average molecular weight is 668 g/mol. The van der Waals surface area contributed by atoms with Crippen LogP contribution in [-0.2, 0) is 14.6 Å². The van der Waals surface area contributed by atoms with Gasteiger partial charge in [-0.05, 0) is 94.6 Å². The first kappa shape index (κ1) is 34.3. The number of rotatable bonds is 9. The lowest BCUT2D eigenvalue weighted by atomic mass is 9.97. The molecule has 48 heavy (non-hydrogen) atoms. The molecule has 5 rings (SSSR count). The van der Waals surface area contributed by atoms with Crippen LogP contribution in [0.15, 0.2) is 90.0 Å². The maximum absolute atomic E-state index is 13.9. The largest absolute Gasteiger partial charge is 0.465 e. The maximum atomic E-state index is 13.9. The Morgan fingerprint density at radius 2 is 1.54 bits per heavy atom. The molecule has 0 saturated heterocycles. The summed E-state index contributed by atoms with van der Waals surface area (Å²) >= 11 is 0. The molecule has 0 aliphatic heterocycles. The smallest absolute Gasteiger partial charge is 0.408 e. The predicted molar refractivity (Wildman–Crippen MR) is 188 cm³/mol. The number of aromatic nitrogens is 3. The fourth-order valence-electron chi connectivity index (χ4n) is 5.81. The lowest BCUT2D eigenvalue weighted by molar-refractivity contribution is -0.122. The summed E-state index contributed by atoms with van der Waals surface area (Å²) in [5, 5.41) is 13.0. The monoisotopic (exact) mass is 667 g/mol. The highest BCUT2D eigenvalue weighted by Gasteiger charge is 2.39. The number of hydrogen-bond acceptors (Lipinski definition) is 6. The van der Waals surface area contributed by atoms with E-state index in [-0.39, 0.29) is 16.7 Å². The second kappa shape index (κ2) is 13.2. The Morgan fingerprint density at radius 1 is 0.917 bits per heavy atom. The number of carbonyl (C=O) groups excluding carboxylic acids is 1. The van der Waals surface area contributed by atoms with Crippen molar-refractivity contribution >= 4 is 38.6 Å². The molecule has 2 unspecified atom stereocenters. The summed E-state index contributed by atoms with van der Waals surface area (Å²) < 4.78 is 27.0. The molecule has 5 aromatic rings. The van der Waals surface area contributed by atoms with Crippen LogP contribution in [-0.4, -0.2) is 56.3 Å². The van der Waals surface area contributed by atoms with E-state index in [0.29, 0.717) is 22.8 Å². The van der Waals surface area contributed by atoms with Gasteiger partial charge in [0.05, 0.1) is 39.6 Å². The van der Waals surface area contributed by atoms with Gasteiger partial charge in [0, 0.05) is 5.54 Å². The lowest BCUT2D eigenvalue weighted by Gasteiger charge is -2.39. The van der Waals surface area contributed by atoms with Crippen LogP contribution in [0.25, 0.3) is 22.6 Å². The van der Waals surface area contributed by atoms with Crippen LogP contribution in [0.2, 0.25) is 0 Å². The van der Waals surface area contributed by atoms with E-state index in [4.69, 9.17) is 4.98 Å². The van der Waals surface area contributed by atoms with Gasteiger partial charge in [0.1, 0.15) is 11.7 Å². The number of aryl methyl sites for hydroxylation is 2. The van der Waals surface area contributed by atoms with Gasteiger partial charge >= 0.3 is 6.09 Å². The normalized spacial score (nSPS) is 13.2. The molecule has 2 atom stereocenters. The van der Waals surface area contributed by atoms with Crippen molar-refractivity contribution in [2.75, 3.05) is 11.1 Å². The SMILES string of the molecule is CCS(=O)(=O)c1ccc(C(C(=O)Nc2ccc(-c3nc4ccc(C)cc4n3C(C)c3ccc(C)cc3)nc2)N(C(=O)O)C(C)(C)C)cc1. The zero-order chi connectivity index (χ0) is 35.0. The van der Waals surface area contributed by atoms with Crippen molar-refractivity contribution in [2.24, 2.45) is 0 Å². The molecule has 3 aromatic carbocycles. The first-order valence-electron chi connectivity index (χ1n) is 15.8. The number of carbonyl (C=O) groups is 2. The standard InChI is InChI=1S/C37H41N5O5S/c1-8-48(46,47)29-17-14-27(15-18-29)33(42(36(44)45)37(5,6)7)35(43)39-28-16-20-31(38-22-28)34-40-30-19-11-24(3)21-32(30)41(34)25(4)26-12-9-23(2)10-13-26/h9-22,25,33H,8H2,1-7H3,(H,39,43)(H,44,45). The summed E-state index contributed by atoms with van der Waals surface area (Å²) in [5.41, 5.74) is 5.57. The van der Waals surface area contributed by atoms with E-state index in [0.717, 1.165) is 27.1 Å². The van der Waals surface area contributed by atoms with Crippen molar-refractivity contribution in [3.63, 3.8) is 0 Å². The Morgan fingerprint density at radius 3 is 2.10 bits per heavy atom. The number of fused-ring (bicyclic) bond motifs is 1. The minimum atomic E-state index is -3.48. The Bertz CT molecular complexity index is 2060. The van der Waals surface area contributed by atoms with Crippen LogP contribution in [0.5, 0.6) is 0 Å². The van der Waals surface area contributed by atoms with Crippen molar-refractivity contribution in [3.05, 3.63) is 107 Å². The molecular formula is C37H41N5O5S. The van der Waals surface area contributed by atoms with E-state index < -0.39 is 33.4 Å². The van der Waals surface area contributed by atoms with Crippen molar-refractivity contribution in [1.29, 1.82) is 0 Å². The van der Waals surface area contributed by atoms with Crippen molar-refractivity contribution in [3.8, 4) is 11.5 Å². The van der Waals surface area contributed by atoms with Crippen LogP contribution in [0.1, 0.15) is 69.0 Å². The number of imidazole rings is 1. The average Bonchev–Trinajstić information content (AvgIpc) is 3.41. The van der Waals surface area contributed by atoms with Crippen LogP contribution >= 0.6 is 0 Å². The van der Waals surface area contributed by atoms with E-state index in [1.807, 2.05) is 19.1 Å². The van der Waals surface area contributed by atoms with Gasteiger partial charge in [-0.15, -0.1) is 0 Å². The van der Waals surface area contributed by atoms with Gasteiger partial charge in [-0.1, -0.05) is 55.0 Å². The molecule has 0 aliphatic carbocycles. The maximum Gasteiger partial charge on any atom is 0.408 e. The first-order chi connectivity index (χ1) is 22.6. The molecule has 11 heteroatoms. The first-order valence-corrected chi connectivity index (χ1v) is 17.4. The Kier molecular flexibility index (Phi) is 9.46. The molecule has 0 aliphatic rings. The number of nitrogens with zero attached hydrogens (tertiary/aromatic N) is 4. The minimum absolute atomic E-state index is 0.0487. The third kappa shape index (κ3) is 6.96. The van der Waals surface area contributed by atoms with Crippen LogP contribution < -0.4 is 5.32 Å². The van der Waals surface area contributed by atoms with Gasteiger partial charge in [0.2, 0.25) is 0 Å². The Hall–Kier alpha value is -5.03. The number of sulfone groups is 1. The topological polar surface area (TPSA) is 134 Å². The highest BCUT2D eigenvalue weighted by molar-refractivity contribution is 7.91. The van der Waals surface area contributed by atoms with E-state index >= 15 is 0 Å². The lowest BCUT2D eigenvalue weighted by Crippen LogP contribution is -2.50. The molecule has 10 nitrogen and oxygen atoms in total. The van der Waals surface area contributed by atoms with Crippen LogP contribution in [0.3, 0.4) is 0 Å². The van der Waals surface area contributed by atoms with E-state index in [1.165, 1.54) is 36.0 Å². The molecule has 0 fully saturated rings. The highest BCUT2D eigenvalue weighted by atomic mass is 32.2. The van der Waals surface area contributed by atoms with Gasteiger partial charge in [-0.25, -0.2) is 18.2 Å². The van der Waals surface area contributed by atoms with Gasteiger partial charge in [0.25, 0.3) is 5.91 Å². The fourth-order valence-corrected chi connectivity index (χ4v) is 6.69. The molecule has 0 spiro atoms. The number of nitrogens with one attached hydrogen (secondary N) is 1. The number of anilines is 1. The second-order valence-corrected chi connectivity index (χ2v) is 15.3. The van der Waals surface area contributed by atoms with Crippen molar-refractivity contribution in [1.82, 2.24) is 19.4 Å². The molecule has 0 radical (unpaired) electrons. The van der Waals surface area contributed by atoms with Crippen molar-refractivity contribution in [2.45, 2.75) is 71.0 Å². The summed E-state index contributed by atoms with van der Waals surface area (Å²) in [5.74, 6) is -0.0153. The zero-order valence-corrected chi connectivity index (χ0v) is 29.0. The highest BCUT2D eigenvalue weighted by Crippen LogP contribution is 2.33. The number of hydrogen-bond donors (Lipinski definition) is 2. The number of amides is 2. The Labute approximate surface area is 281 Å². The molecule has 2 N–H and O–H groups in total. The van der Waals surface area contributed by atoms with E-state index in [1.54, 1.807) is 39.8 Å². The molecule has 0 bridgehead atoms. The molecule has 2 amide bonds. The third-order valence-electron chi connectivity index (χ3n) is 8.42. The van der Waals surface area contributed by atoms with Gasteiger partial charge in [-0.3, -0.25) is 14.7 Å². The summed E-state index contributed by atoms with van der Waals surface area (Å²) in [7, 11) is -3.48. The molecule has 0 saturated carbocycles. The fraction of sp³-hybridized carbons (Fsp3) is 0.297. The van der Waals surface area contributed by atoms with Crippen LogP contribution in [0, 0.1) is 13.8 Å². The van der Waals surface area contributed by atoms with Crippen LogP contribution in [0.4, 0.5) is 10.5 Å². The predicted octanol–water partition coefficient (Wildman–Crippen LogP) is 7.58. The molecule has 2 aromatic heterocycles. The molecule has 250 valence electrons. The Balaban J connectivity index is 1.50. The van der Waals surface area contributed by atoms with Gasteiger partial charge in [-0.2, -0.15) is 0 Å². The van der Waals surface area contributed by atoms with Gasteiger partial charge < -0.3 is 15.0 Å². The zero-order valence-electron chi connectivity index (χ0n) is 28.2. The summed E-state index contributed by atoms with van der Waals surface area (Å²) in [4.78, 5) is 37.2. The van der Waals surface area contributed by atoms with Crippen molar-refractivity contribution < 1.29 is 23.1 Å². The number of carboxylic acid groups (broad SMARTS) is 1. The minimum Gasteiger partial charge on any atom is -0.465 e. The third-order valence-corrected chi connectivity index (χ3v) is 10.2. The molecular weight excluding hydrogens is 627 g/mol. The second-order valence-electron chi connectivity index (χ2n) is 13.0. The number of pyridine rings is 1. The van der Waals surface area contributed by atoms with E-state index in [9.17, 15) is 23.1 Å².